The highest BCUT2D eigenvalue weighted by Gasteiger charge is 2.13. The van der Waals surface area contributed by atoms with Crippen LogP contribution >= 0.6 is 0 Å². The summed E-state index contributed by atoms with van der Waals surface area (Å²) in [6, 6.07) is 1.76. The van der Waals surface area contributed by atoms with Crippen molar-refractivity contribution in [1.29, 1.82) is 0 Å². The van der Waals surface area contributed by atoms with Gasteiger partial charge in [0.1, 0.15) is 0 Å². The van der Waals surface area contributed by atoms with E-state index in [1.54, 1.807) is 30.5 Å². The zero-order valence-electron chi connectivity index (χ0n) is 11.2. The van der Waals surface area contributed by atoms with Gasteiger partial charge in [0.25, 0.3) is 5.95 Å². The van der Waals surface area contributed by atoms with Gasteiger partial charge in [0.05, 0.1) is 13.2 Å². The molecule has 0 saturated heterocycles. The number of nitrogen functional groups attached to an aromatic ring is 1. The lowest BCUT2D eigenvalue weighted by atomic mass is 10.5. The summed E-state index contributed by atoms with van der Waals surface area (Å²) in [7, 11) is 1.61. The molecule has 0 amide bonds. The van der Waals surface area contributed by atoms with Crippen molar-refractivity contribution in [1.82, 2.24) is 24.7 Å². The average Bonchev–Trinajstić information content (AvgIpc) is 2.97. The summed E-state index contributed by atoms with van der Waals surface area (Å²) >= 11 is 0. The Kier molecular flexibility index (Phi) is 4.80. The Balaban J connectivity index is 2.29. The molecule has 0 aliphatic heterocycles. The fourth-order valence-corrected chi connectivity index (χ4v) is 1.63. The van der Waals surface area contributed by atoms with Crippen LogP contribution in [0.5, 0.6) is 0 Å². The van der Waals surface area contributed by atoms with Crippen molar-refractivity contribution in [2.45, 2.75) is 0 Å². The molecule has 2 heterocycles. The molecule has 20 heavy (non-hydrogen) atoms. The molecule has 0 saturated carbocycles. The van der Waals surface area contributed by atoms with Crippen LogP contribution in [0.15, 0.2) is 18.5 Å². The first-order chi connectivity index (χ1) is 9.74. The number of hydrogen-bond donors (Lipinski definition) is 2. The molecule has 0 aliphatic carbocycles. The standard InChI is InChI=1S/C11H17N7O2/c1-20-8-6-17(5-7-19)10-14-9(12)15-11(16-10)18-4-2-3-13-18/h2-4,19H,5-8H2,1H3,(H2,12,14,15,16). The second-order valence-electron chi connectivity index (χ2n) is 3.95. The third kappa shape index (κ3) is 3.39. The molecule has 9 nitrogen and oxygen atoms in total. The lowest BCUT2D eigenvalue weighted by Crippen LogP contribution is -2.32. The average molecular weight is 279 g/mol. The van der Waals surface area contributed by atoms with Crippen LogP contribution in [0, 0.1) is 0 Å². The monoisotopic (exact) mass is 279 g/mol. The number of nitrogens with two attached hydrogens (primary N) is 1. The zero-order valence-corrected chi connectivity index (χ0v) is 11.2. The molecule has 0 atom stereocenters. The number of nitrogens with zero attached hydrogens (tertiary/aromatic N) is 6. The summed E-state index contributed by atoms with van der Waals surface area (Å²) in [6.07, 6.45) is 3.33. The summed E-state index contributed by atoms with van der Waals surface area (Å²) in [4.78, 5) is 14.2. The van der Waals surface area contributed by atoms with Crippen molar-refractivity contribution in [3.05, 3.63) is 18.5 Å². The van der Waals surface area contributed by atoms with Crippen LogP contribution in [0.4, 0.5) is 11.9 Å². The van der Waals surface area contributed by atoms with Crippen LogP contribution in [0.2, 0.25) is 0 Å². The SMILES string of the molecule is COCCN(CCO)c1nc(N)nc(-n2cccn2)n1. The Labute approximate surface area is 116 Å². The van der Waals surface area contributed by atoms with E-state index in [4.69, 9.17) is 15.6 Å². The van der Waals surface area contributed by atoms with E-state index in [-0.39, 0.29) is 12.6 Å². The molecule has 108 valence electrons. The van der Waals surface area contributed by atoms with E-state index >= 15 is 0 Å². The molecule has 0 aliphatic rings. The third-order valence-electron chi connectivity index (χ3n) is 2.56. The number of aromatic nitrogens is 5. The van der Waals surface area contributed by atoms with E-state index < -0.39 is 0 Å². The third-order valence-corrected chi connectivity index (χ3v) is 2.56. The summed E-state index contributed by atoms with van der Waals surface area (Å²) in [5, 5.41) is 13.2. The quantitative estimate of drug-likeness (QED) is 0.669. The van der Waals surface area contributed by atoms with Gasteiger partial charge in [-0.15, -0.1) is 0 Å². The minimum atomic E-state index is -0.0214. The molecule has 0 unspecified atom stereocenters. The second-order valence-corrected chi connectivity index (χ2v) is 3.95. The van der Waals surface area contributed by atoms with Crippen molar-refractivity contribution in [2.75, 3.05) is 44.0 Å². The summed E-state index contributed by atoms with van der Waals surface area (Å²) < 4.78 is 6.52. The molecule has 0 fully saturated rings. The number of aliphatic hydroxyl groups is 1. The maximum Gasteiger partial charge on any atom is 0.257 e. The van der Waals surface area contributed by atoms with Gasteiger partial charge >= 0.3 is 0 Å². The molecule has 0 aromatic carbocycles. The van der Waals surface area contributed by atoms with Gasteiger partial charge in [-0.1, -0.05) is 0 Å². The van der Waals surface area contributed by atoms with Crippen LogP contribution in [0.1, 0.15) is 0 Å². The van der Waals surface area contributed by atoms with Crippen LogP contribution in [0.3, 0.4) is 0 Å². The Hall–Kier alpha value is -2.26. The maximum absolute atomic E-state index is 9.12. The van der Waals surface area contributed by atoms with Crippen LogP contribution in [0.25, 0.3) is 5.95 Å². The van der Waals surface area contributed by atoms with Crippen molar-refractivity contribution in [3.63, 3.8) is 0 Å². The normalized spacial score (nSPS) is 10.7. The van der Waals surface area contributed by atoms with Gasteiger partial charge < -0.3 is 20.5 Å². The lowest BCUT2D eigenvalue weighted by molar-refractivity contribution is 0.202. The number of methoxy groups -OCH3 is 1. The molecule has 2 aromatic rings. The minimum absolute atomic E-state index is 0.0214. The Bertz CT molecular complexity index is 532. The van der Waals surface area contributed by atoms with Crippen molar-refractivity contribution >= 4 is 11.9 Å². The van der Waals surface area contributed by atoms with Gasteiger partial charge in [-0.05, 0) is 6.07 Å². The van der Waals surface area contributed by atoms with Crippen molar-refractivity contribution in [2.24, 2.45) is 0 Å². The Morgan fingerprint density at radius 1 is 1.35 bits per heavy atom. The summed E-state index contributed by atoms with van der Waals surface area (Å²) in [5.74, 6) is 0.813. The van der Waals surface area contributed by atoms with Gasteiger partial charge in [0, 0.05) is 32.6 Å². The van der Waals surface area contributed by atoms with Crippen LogP contribution in [-0.2, 0) is 4.74 Å². The number of ether oxygens (including phenoxy) is 1. The Morgan fingerprint density at radius 2 is 2.20 bits per heavy atom. The van der Waals surface area contributed by atoms with Gasteiger partial charge in [0.2, 0.25) is 11.9 Å². The lowest BCUT2D eigenvalue weighted by Gasteiger charge is -2.21. The second kappa shape index (κ2) is 6.78. The van der Waals surface area contributed by atoms with E-state index in [1.165, 1.54) is 4.68 Å². The van der Waals surface area contributed by atoms with E-state index in [9.17, 15) is 0 Å². The predicted molar refractivity (Wildman–Crippen MR) is 72.5 cm³/mol. The van der Waals surface area contributed by atoms with Crippen LogP contribution < -0.4 is 10.6 Å². The fraction of sp³-hybridized carbons (Fsp3) is 0.455. The highest BCUT2D eigenvalue weighted by Crippen LogP contribution is 2.11. The van der Waals surface area contributed by atoms with Gasteiger partial charge in [0.15, 0.2) is 0 Å². The van der Waals surface area contributed by atoms with Crippen molar-refractivity contribution in [3.8, 4) is 5.95 Å². The summed E-state index contributed by atoms with van der Waals surface area (Å²) in [5.41, 5.74) is 5.70. The first-order valence-electron chi connectivity index (χ1n) is 6.11. The first-order valence-corrected chi connectivity index (χ1v) is 6.11. The van der Waals surface area contributed by atoms with E-state index in [0.29, 0.717) is 31.6 Å². The molecule has 2 aromatic heterocycles. The number of rotatable bonds is 7. The zero-order chi connectivity index (χ0) is 14.4. The molecule has 9 heteroatoms. The molecule has 0 spiro atoms. The van der Waals surface area contributed by atoms with E-state index in [0.717, 1.165) is 0 Å². The molecule has 0 bridgehead atoms. The maximum atomic E-state index is 9.12. The van der Waals surface area contributed by atoms with Gasteiger partial charge in [-0.3, -0.25) is 0 Å². The first kappa shape index (κ1) is 14.2. The fourth-order valence-electron chi connectivity index (χ4n) is 1.63. The predicted octanol–water partition coefficient (Wildman–Crippen LogP) is -0.915. The topological polar surface area (TPSA) is 115 Å². The number of anilines is 2. The van der Waals surface area contributed by atoms with Gasteiger partial charge in [-0.25, -0.2) is 4.68 Å². The van der Waals surface area contributed by atoms with Crippen molar-refractivity contribution < 1.29 is 9.84 Å². The molecular formula is C11H17N7O2. The summed E-state index contributed by atoms with van der Waals surface area (Å²) in [6.45, 7) is 1.39. The molecular weight excluding hydrogens is 262 g/mol. The van der Waals surface area contributed by atoms with E-state index in [2.05, 4.69) is 20.1 Å². The van der Waals surface area contributed by atoms with Crippen LogP contribution in [-0.4, -0.2) is 63.3 Å². The highest BCUT2D eigenvalue weighted by atomic mass is 16.5. The molecule has 2 rings (SSSR count). The highest BCUT2D eigenvalue weighted by molar-refractivity contribution is 5.37. The largest absolute Gasteiger partial charge is 0.395 e. The minimum Gasteiger partial charge on any atom is -0.395 e. The van der Waals surface area contributed by atoms with E-state index in [1.807, 2.05) is 0 Å². The number of aliphatic hydroxyl groups excluding tert-OH is 1. The Morgan fingerprint density at radius 3 is 2.85 bits per heavy atom. The smallest absolute Gasteiger partial charge is 0.257 e. The molecule has 0 radical (unpaired) electrons. The number of hydrogen-bond acceptors (Lipinski definition) is 8. The molecule has 3 N–H and O–H groups in total. The van der Waals surface area contributed by atoms with Gasteiger partial charge in [-0.2, -0.15) is 20.1 Å².